The van der Waals surface area contributed by atoms with Gasteiger partial charge in [0.05, 0.1) is 0 Å². The van der Waals surface area contributed by atoms with Crippen LogP contribution in [-0.4, -0.2) is 19.0 Å². The molecule has 0 bridgehead atoms. The molecule has 76 valence electrons. The zero-order valence-corrected chi connectivity index (χ0v) is 8.55. The average Bonchev–Trinajstić information content (AvgIpc) is 2.14. The Morgan fingerprint density at radius 1 is 1.38 bits per heavy atom. The number of Topliss-reactive ketones (excluding diaryl/α,β-unsaturated/α-hetero) is 1. The highest BCUT2D eigenvalue weighted by molar-refractivity contribution is 5.79. The molecule has 2 heteroatoms. The molecule has 0 aromatic rings. The van der Waals surface area contributed by atoms with Gasteiger partial charge in [0, 0.05) is 13.0 Å². The lowest BCUT2D eigenvalue weighted by atomic mass is 10.1. The van der Waals surface area contributed by atoms with Crippen LogP contribution in [0.4, 0.5) is 0 Å². The molecule has 0 atom stereocenters. The summed E-state index contributed by atoms with van der Waals surface area (Å²) in [5, 5.41) is 0. The van der Waals surface area contributed by atoms with Crippen LogP contribution in [-0.2, 0) is 9.53 Å². The van der Waals surface area contributed by atoms with E-state index in [2.05, 4.69) is 6.58 Å². The van der Waals surface area contributed by atoms with Crippen molar-refractivity contribution in [2.45, 2.75) is 39.0 Å². The third kappa shape index (κ3) is 9.28. The van der Waals surface area contributed by atoms with E-state index in [9.17, 15) is 4.79 Å². The van der Waals surface area contributed by atoms with Gasteiger partial charge in [0.2, 0.25) is 0 Å². The minimum Gasteiger partial charge on any atom is -0.374 e. The maximum atomic E-state index is 11.1. The van der Waals surface area contributed by atoms with Gasteiger partial charge in [0.25, 0.3) is 0 Å². The fraction of sp³-hybridized carbons (Fsp3) is 0.727. The Bertz CT molecular complexity index is 141. The zero-order valence-electron chi connectivity index (χ0n) is 8.55. The van der Waals surface area contributed by atoms with Gasteiger partial charge in [-0.05, 0) is 26.2 Å². The van der Waals surface area contributed by atoms with Gasteiger partial charge >= 0.3 is 0 Å². The van der Waals surface area contributed by atoms with E-state index in [-0.39, 0.29) is 12.4 Å². The van der Waals surface area contributed by atoms with Crippen LogP contribution in [0, 0.1) is 0 Å². The summed E-state index contributed by atoms with van der Waals surface area (Å²) in [6, 6.07) is 0. The smallest absolute Gasteiger partial charge is 0.158 e. The second-order valence-electron chi connectivity index (χ2n) is 3.06. The first-order valence-electron chi connectivity index (χ1n) is 5.01. The second kappa shape index (κ2) is 9.46. The van der Waals surface area contributed by atoms with Crippen molar-refractivity contribution in [1.29, 1.82) is 0 Å². The topological polar surface area (TPSA) is 26.3 Å². The molecule has 0 fully saturated rings. The summed E-state index contributed by atoms with van der Waals surface area (Å²) in [6.07, 6.45) is 6.88. The first-order valence-corrected chi connectivity index (χ1v) is 5.01. The Balaban J connectivity index is 3.12. The number of allylic oxidation sites excluding steroid dienone is 1. The van der Waals surface area contributed by atoms with Crippen molar-refractivity contribution in [3.8, 4) is 0 Å². The van der Waals surface area contributed by atoms with Crippen molar-refractivity contribution in [3.63, 3.8) is 0 Å². The van der Waals surface area contributed by atoms with Crippen LogP contribution in [0.3, 0.4) is 0 Å². The Kier molecular flexibility index (Phi) is 9.00. The number of ether oxygens (including phenoxy) is 1. The molecule has 0 aromatic carbocycles. The van der Waals surface area contributed by atoms with Crippen LogP contribution in [0.2, 0.25) is 0 Å². The Morgan fingerprint density at radius 2 is 2.15 bits per heavy atom. The van der Waals surface area contributed by atoms with Crippen LogP contribution in [0.15, 0.2) is 12.7 Å². The van der Waals surface area contributed by atoms with Crippen molar-refractivity contribution in [1.82, 2.24) is 0 Å². The lowest BCUT2D eigenvalue weighted by molar-refractivity contribution is -0.123. The number of hydrogen-bond donors (Lipinski definition) is 0. The number of carbonyl (C=O) groups is 1. The quantitative estimate of drug-likeness (QED) is 0.407. The summed E-state index contributed by atoms with van der Waals surface area (Å²) in [6.45, 7) is 6.46. The first-order chi connectivity index (χ1) is 6.31. The summed E-state index contributed by atoms with van der Waals surface area (Å²) in [4.78, 5) is 11.1. The molecule has 2 nitrogen and oxygen atoms in total. The van der Waals surface area contributed by atoms with Gasteiger partial charge < -0.3 is 4.74 Å². The van der Waals surface area contributed by atoms with Crippen molar-refractivity contribution >= 4 is 5.78 Å². The molecule has 0 aliphatic heterocycles. The van der Waals surface area contributed by atoms with Crippen molar-refractivity contribution < 1.29 is 9.53 Å². The standard InChI is InChI=1S/C11H20O2/c1-3-5-6-7-8-9-11(12)10-13-4-2/h3H,1,4-10H2,2H3. The van der Waals surface area contributed by atoms with E-state index in [1.807, 2.05) is 13.0 Å². The zero-order chi connectivity index (χ0) is 9.94. The van der Waals surface area contributed by atoms with Crippen LogP contribution in [0.1, 0.15) is 39.0 Å². The molecule has 0 aliphatic rings. The summed E-state index contributed by atoms with van der Waals surface area (Å²) in [5.74, 6) is 0.223. The molecule has 0 unspecified atom stereocenters. The minimum atomic E-state index is 0.223. The fourth-order valence-corrected chi connectivity index (χ4v) is 1.08. The van der Waals surface area contributed by atoms with Crippen LogP contribution in [0.5, 0.6) is 0 Å². The van der Waals surface area contributed by atoms with E-state index >= 15 is 0 Å². The van der Waals surface area contributed by atoms with E-state index in [4.69, 9.17) is 4.74 Å². The van der Waals surface area contributed by atoms with Crippen molar-refractivity contribution in [3.05, 3.63) is 12.7 Å². The number of unbranched alkanes of at least 4 members (excludes halogenated alkanes) is 3. The highest BCUT2D eigenvalue weighted by Gasteiger charge is 2.00. The molecule has 0 radical (unpaired) electrons. The molecule has 0 aromatic heterocycles. The van der Waals surface area contributed by atoms with E-state index in [1.165, 1.54) is 0 Å². The SMILES string of the molecule is C=CCCCCCC(=O)COCC. The summed E-state index contributed by atoms with van der Waals surface area (Å²) < 4.78 is 5.01. The predicted molar refractivity (Wildman–Crippen MR) is 54.8 cm³/mol. The minimum absolute atomic E-state index is 0.223. The number of rotatable bonds is 9. The van der Waals surface area contributed by atoms with Crippen molar-refractivity contribution in [2.24, 2.45) is 0 Å². The second-order valence-corrected chi connectivity index (χ2v) is 3.06. The molecule has 0 amide bonds. The van der Waals surface area contributed by atoms with Gasteiger partial charge in [-0.1, -0.05) is 12.5 Å². The van der Waals surface area contributed by atoms with Gasteiger partial charge in [0.15, 0.2) is 5.78 Å². The number of hydrogen-bond acceptors (Lipinski definition) is 2. The molecule has 0 heterocycles. The van der Waals surface area contributed by atoms with E-state index in [0.717, 1.165) is 25.7 Å². The molecule has 0 N–H and O–H groups in total. The van der Waals surface area contributed by atoms with Gasteiger partial charge in [-0.2, -0.15) is 0 Å². The van der Waals surface area contributed by atoms with Crippen molar-refractivity contribution in [2.75, 3.05) is 13.2 Å². The molecular formula is C11H20O2. The maximum absolute atomic E-state index is 11.1. The van der Waals surface area contributed by atoms with Crippen LogP contribution >= 0.6 is 0 Å². The number of carbonyl (C=O) groups excluding carboxylic acids is 1. The summed E-state index contributed by atoms with van der Waals surface area (Å²) in [7, 11) is 0. The summed E-state index contributed by atoms with van der Waals surface area (Å²) >= 11 is 0. The van der Waals surface area contributed by atoms with Gasteiger partial charge in [-0.25, -0.2) is 0 Å². The largest absolute Gasteiger partial charge is 0.374 e. The lowest BCUT2D eigenvalue weighted by Gasteiger charge is -2.00. The van der Waals surface area contributed by atoms with E-state index < -0.39 is 0 Å². The van der Waals surface area contributed by atoms with Crippen LogP contribution < -0.4 is 0 Å². The third-order valence-electron chi connectivity index (χ3n) is 1.83. The highest BCUT2D eigenvalue weighted by Crippen LogP contribution is 2.03. The van der Waals surface area contributed by atoms with E-state index in [0.29, 0.717) is 13.0 Å². The van der Waals surface area contributed by atoms with Gasteiger partial charge in [0.1, 0.15) is 6.61 Å². The highest BCUT2D eigenvalue weighted by atomic mass is 16.5. The van der Waals surface area contributed by atoms with E-state index in [1.54, 1.807) is 0 Å². The van der Waals surface area contributed by atoms with Crippen LogP contribution in [0.25, 0.3) is 0 Å². The Labute approximate surface area is 81.0 Å². The predicted octanol–water partition coefficient (Wildman–Crippen LogP) is 2.73. The lowest BCUT2D eigenvalue weighted by Crippen LogP contribution is -2.07. The molecule has 0 aliphatic carbocycles. The van der Waals surface area contributed by atoms with Gasteiger partial charge in [-0.3, -0.25) is 4.79 Å². The maximum Gasteiger partial charge on any atom is 0.158 e. The fourth-order valence-electron chi connectivity index (χ4n) is 1.08. The normalized spacial score (nSPS) is 9.92. The Morgan fingerprint density at radius 3 is 2.77 bits per heavy atom. The monoisotopic (exact) mass is 184 g/mol. The summed E-state index contributed by atoms with van der Waals surface area (Å²) in [5.41, 5.74) is 0. The molecule has 0 saturated carbocycles. The first kappa shape index (κ1) is 12.4. The molecular weight excluding hydrogens is 164 g/mol. The average molecular weight is 184 g/mol. The molecule has 13 heavy (non-hydrogen) atoms. The van der Waals surface area contributed by atoms with Gasteiger partial charge in [-0.15, -0.1) is 6.58 Å². The number of ketones is 1. The Hall–Kier alpha value is -0.630. The third-order valence-corrected chi connectivity index (χ3v) is 1.83. The molecule has 0 rings (SSSR count). The molecule has 0 saturated heterocycles. The molecule has 0 spiro atoms.